The first-order valence-corrected chi connectivity index (χ1v) is 6.27. The number of phenols is 1. The zero-order chi connectivity index (χ0) is 13.8. The number of para-hydroxylation sites is 1. The highest BCUT2D eigenvalue weighted by Gasteiger charge is 2.15. The number of carbonyl (C=O) groups is 1. The Morgan fingerprint density at radius 3 is 2.72 bits per heavy atom. The van der Waals surface area contributed by atoms with Crippen LogP contribution >= 0.6 is 15.9 Å². The summed E-state index contributed by atoms with van der Waals surface area (Å²) in [4.78, 5) is 11.3. The molecule has 0 bridgehead atoms. The van der Waals surface area contributed by atoms with Crippen LogP contribution in [0.1, 0.15) is 26.3 Å². The number of hydrogen-bond acceptors (Lipinski definition) is 4. The fourth-order valence-corrected chi connectivity index (χ4v) is 1.63. The minimum atomic E-state index is -0.558. The summed E-state index contributed by atoms with van der Waals surface area (Å²) >= 11 is 3.22. The Hall–Kier alpha value is -1.27. The van der Waals surface area contributed by atoms with E-state index >= 15 is 0 Å². The predicted molar refractivity (Wildman–Crippen MR) is 72.0 cm³/mol. The smallest absolute Gasteiger partial charge is 0.422 e. The van der Waals surface area contributed by atoms with E-state index in [-0.39, 0.29) is 5.75 Å². The molecule has 0 heterocycles. The molecule has 0 spiro atoms. The molecule has 6 heteroatoms. The van der Waals surface area contributed by atoms with Gasteiger partial charge in [0.05, 0.1) is 4.47 Å². The van der Waals surface area contributed by atoms with Gasteiger partial charge in [-0.25, -0.2) is 10.2 Å². The van der Waals surface area contributed by atoms with E-state index < -0.39 is 11.7 Å². The number of hydrazine groups is 1. The van der Waals surface area contributed by atoms with Gasteiger partial charge in [0.2, 0.25) is 0 Å². The molecule has 1 aromatic carbocycles. The first kappa shape index (κ1) is 14.8. The van der Waals surface area contributed by atoms with Crippen molar-refractivity contribution in [1.29, 1.82) is 0 Å². The van der Waals surface area contributed by atoms with Gasteiger partial charge in [0.1, 0.15) is 11.4 Å². The zero-order valence-electron chi connectivity index (χ0n) is 10.6. The first-order valence-electron chi connectivity index (χ1n) is 5.48. The van der Waals surface area contributed by atoms with Gasteiger partial charge in [-0.1, -0.05) is 12.1 Å². The number of rotatable bonds is 3. The molecule has 0 saturated heterocycles. The third kappa shape index (κ3) is 4.93. The lowest BCUT2D eigenvalue weighted by atomic mass is 10.2. The number of benzene rings is 1. The molecule has 3 N–H and O–H groups in total. The van der Waals surface area contributed by atoms with Gasteiger partial charge < -0.3 is 9.84 Å². The van der Waals surface area contributed by atoms with E-state index in [1.165, 1.54) is 0 Å². The minimum Gasteiger partial charge on any atom is -0.506 e. The molecule has 1 rings (SSSR count). The molecule has 0 fully saturated rings. The van der Waals surface area contributed by atoms with Gasteiger partial charge in [0.15, 0.2) is 0 Å². The van der Waals surface area contributed by atoms with Crippen molar-refractivity contribution in [1.82, 2.24) is 10.9 Å². The Labute approximate surface area is 115 Å². The molecule has 0 atom stereocenters. The van der Waals surface area contributed by atoms with Crippen molar-refractivity contribution in [2.75, 3.05) is 0 Å². The highest BCUT2D eigenvalue weighted by Crippen LogP contribution is 2.26. The number of nitrogens with one attached hydrogen (secondary N) is 2. The van der Waals surface area contributed by atoms with Crippen LogP contribution in [0.4, 0.5) is 4.79 Å². The number of ether oxygens (including phenoxy) is 1. The van der Waals surface area contributed by atoms with Gasteiger partial charge in [-0.05, 0) is 42.8 Å². The lowest BCUT2D eigenvalue weighted by Crippen LogP contribution is -2.40. The number of phenolic OH excluding ortho intramolecular Hbond substituents is 1. The van der Waals surface area contributed by atoms with E-state index in [1.54, 1.807) is 39.0 Å². The van der Waals surface area contributed by atoms with E-state index in [0.717, 1.165) is 0 Å². The van der Waals surface area contributed by atoms with Crippen LogP contribution in [0, 0.1) is 0 Å². The summed E-state index contributed by atoms with van der Waals surface area (Å²) in [5.41, 5.74) is 5.21. The summed E-state index contributed by atoms with van der Waals surface area (Å²) in [6.45, 7) is 5.65. The lowest BCUT2D eigenvalue weighted by molar-refractivity contribution is 0.0496. The van der Waals surface area contributed by atoms with Gasteiger partial charge in [0, 0.05) is 12.1 Å². The fraction of sp³-hybridized carbons (Fsp3) is 0.417. The van der Waals surface area contributed by atoms with E-state index in [0.29, 0.717) is 16.6 Å². The van der Waals surface area contributed by atoms with Crippen molar-refractivity contribution in [3.63, 3.8) is 0 Å². The number of halogens is 1. The van der Waals surface area contributed by atoms with Crippen LogP contribution < -0.4 is 10.9 Å². The predicted octanol–water partition coefficient (Wildman–Crippen LogP) is 2.68. The Kier molecular flexibility index (Phi) is 4.98. The maximum Gasteiger partial charge on any atom is 0.422 e. The number of carbonyl (C=O) groups excluding carboxylic acids is 1. The van der Waals surface area contributed by atoms with Crippen LogP contribution in [0.15, 0.2) is 22.7 Å². The molecule has 1 amide bonds. The van der Waals surface area contributed by atoms with Gasteiger partial charge in [-0.2, -0.15) is 0 Å². The molecule has 0 saturated carbocycles. The Balaban J connectivity index is 2.43. The third-order valence-corrected chi connectivity index (χ3v) is 2.58. The SMILES string of the molecule is CC(C)(C)OC(=O)NNCc1cccc(Br)c1O. The molecule has 0 unspecified atom stereocenters. The molecule has 0 aromatic heterocycles. The van der Waals surface area contributed by atoms with E-state index in [9.17, 15) is 9.90 Å². The summed E-state index contributed by atoms with van der Waals surface area (Å²) in [6, 6.07) is 5.29. The van der Waals surface area contributed by atoms with Crippen LogP contribution in [-0.2, 0) is 11.3 Å². The summed E-state index contributed by atoms with van der Waals surface area (Å²) in [5, 5.41) is 9.72. The third-order valence-electron chi connectivity index (χ3n) is 1.94. The molecular formula is C12H17BrN2O3. The Bertz CT molecular complexity index is 430. The van der Waals surface area contributed by atoms with Crippen LogP contribution in [0.3, 0.4) is 0 Å². The van der Waals surface area contributed by atoms with Crippen molar-refractivity contribution in [2.45, 2.75) is 32.9 Å². The lowest BCUT2D eigenvalue weighted by Gasteiger charge is -2.19. The normalized spacial score (nSPS) is 11.1. The highest BCUT2D eigenvalue weighted by atomic mass is 79.9. The molecule has 0 radical (unpaired) electrons. The number of hydrogen-bond donors (Lipinski definition) is 3. The largest absolute Gasteiger partial charge is 0.506 e. The molecule has 0 aliphatic heterocycles. The van der Waals surface area contributed by atoms with Crippen LogP contribution in [-0.4, -0.2) is 16.8 Å². The number of amides is 1. The molecule has 0 aliphatic carbocycles. The Morgan fingerprint density at radius 1 is 1.44 bits per heavy atom. The zero-order valence-corrected chi connectivity index (χ0v) is 12.2. The summed E-state index contributed by atoms with van der Waals surface area (Å²) in [6.07, 6.45) is -0.558. The monoisotopic (exact) mass is 316 g/mol. The molecule has 18 heavy (non-hydrogen) atoms. The quantitative estimate of drug-likeness (QED) is 0.750. The first-order chi connectivity index (χ1) is 8.29. The van der Waals surface area contributed by atoms with E-state index in [1.807, 2.05) is 0 Å². The molecular weight excluding hydrogens is 300 g/mol. The molecule has 0 aliphatic rings. The van der Waals surface area contributed by atoms with Crippen LogP contribution in [0.2, 0.25) is 0 Å². The minimum absolute atomic E-state index is 0.149. The van der Waals surface area contributed by atoms with Gasteiger partial charge in [-0.3, -0.25) is 5.43 Å². The highest BCUT2D eigenvalue weighted by molar-refractivity contribution is 9.10. The molecule has 5 nitrogen and oxygen atoms in total. The maximum absolute atomic E-state index is 11.3. The van der Waals surface area contributed by atoms with Crippen LogP contribution in [0.25, 0.3) is 0 Å². The molecule has 100 valence electrons. The second-order valence-corrected chi connectivity index (χ2v) is 5.58. The van der Waals surface area contributed by atoms with Crippen molar-refractivity contribution in [3.05, 3.63) is 28.2 Å². The van der Waals surface area contributed by atoms with Gasteiger partial charge in [0.25, 0.3) is 0 Å². The Morgan fingerprint density at radius 2 is 2.11 bits per heavy atom. The van der Waals surface area contributed by atoms with E-state index in [4.69, 9.17) is 4.74 Å². The standard InChI is InChI=1S/C12H17BrN2O3/c1-12(2,3)18-11(17)15-14-7-8-5-4-6-9(13)10(8)16/h4-6,14,16H,7H2,1-3H3,(H,15,17). The fourth-order valence-electron chi connectivity index (χ4n) is 1.22. The molecule has 1 aromatic rings. The summed E-state index contributed by atoms with van der Waals surface area (Å²) in [5.74, 6) is 0.149. The summed E-state index contributed by atoms with van der Waals surface area (Å²) in [7, 11) is 0. The second-order valence-electron chi connectivity index (χ2n) is 4.73. The average molecular weight is 317 g/mol. The summed E-state index contributed by atoms with van der Waals surface area (Å²) < 4.78 is 5.66. The van der Waals surface area contributed by atoms with Crippen LogP contribution in [0.5, 0.6) is 5.75 Å². The van der Waals surface area contributed by atoms with Crippen molar-refractivity contribution in [2.24, 2.45) is 0 Å². The second kappa shape index (κ2) is 6.06. The number of aromatic hydroxyl groups is 1. The van der Waals surface area contributed by atoms with Crippen molar-refractivity contribution in [3.8, 4) is 5.75 Å². The van der Waals surface area contributed by atoms with Gasteiger partial charge >= 0.3 is 6.09 Å². The van der Waals surface area contributed by atoms with Gasteiger partial charge in [-0.15, -0.1) is 0 Å². The topological polar surface area (TPSA) is 70.6 Å². The average Bonchev–Trinajstić information content (AvgIpc) is 2.21. The maximum atomic E-state index is 11.3. The van der Waals surface area contributed by atoms with E-state index in [2.05, 4.69) is 26.8 Å². The van der Waals surface area contributed by atoms with Crippen molar-refractivity contribution < 1.29 is 14.6 Å². The van der Waals surface area contributed by atoms with Crippen molar-refractivity contribution >= 4 is 22.0 Å².